The maximum atomic E-state index is 12.3. The summed E-state index contributed by atoms with van der Waals surface area (Å²) in [5.41, 5.74) is 3.54. The summed E-state index contributed by atoms with van der Waals surface area (Å²) in [6.07, 6.45) is 0. The van der Waals surface area contributed by atoms with Crippen molar-refractivity contribution in [2.45, 2.75) is 3.12 Å². The lowest BCUT2D eigenvalue weighted by Gasteiger charge is -2.19. The monoisotopic (exact) mass is 437 g/mol. The predicted octanol–water partition coefficient (Wildman–Crippen LogP) is 5.81. The van der Waals surface area contributed by atoms with Gasteiger partial charge in [0.05, 0.1) is 6.67 Å². The molecule has 0 bridgehead atoms. The van der Waals surface area contributed by atoms with Crippen LogP contribution in [0.3, 0.4) is 0 Å². The molecule has 0 spiro atoms. The van der Waals surface area contributed by atoms with Gasteiger partial charge in [0.2, 0.25) is 0 Å². The van der Waals surface area contributed by atoms with Crippen LogP contribution in [0.25, 0.3) is 0 Å². The molecule has 2 aromatic carbocycles. The summed E-state index contributed by atoms with van der Waals surface area (Å²) in [6.45, 7) is 0.268. The van der Waals surface area contributed by atoms with Crippen LogP contribution in [0.15, 0.2) is 48.5 Å². The topological polar surface area (TPSA) is 44.8 Å². The molecule has 0 aliphatic carbocycles. The molecule has 1 aliphatic heterocycles. The number of alkyl halides is 3. The van der Waals surface area contributed by atoms with E-state index < -0.39 is 3.12 Å². The fourth-order valence-corrected chi connectivity index (χ4v) is 3.34. The Bertz CT molecular complexity index is 753. The number of urea groups is 1. The van der Waals surface area contributed by atoms with E-state index >= 15 is 0 Å². The lowest BCUT2D eigenvalue weighted by molar-refractivity contribution is 0.236. The normalized spacial score (nSPS) is 15.0. The number of halogens is 4. The van der Waals surface area contributed by atoms with Gasteiger partial charge < -0.3 is 4.74 Å². The molecule has 3 rings (SSSR count). The van der Waals surface area contributed by atoms with Crippen molar-refractivity contribution in [1.82, 2.24) is 9.84 Å². The fraction of sp³-hybridized carbons (Fsp3) is 0.133. The summed E-state index contributed by atoms with van der Waals surface area (Å²) in [6, 6.07) is 13.8. The molecule has 2 aromatic rings. The number of hydrazine groups is 1. The Hall–Kier alpha value is -1.02. The third kappa shape index (κ3) is 5.00. The highest BCUT2D eigenvalue weighted by molar-refractivity contribution is 8.03. The highest BCUT2D eigenvalue weighted by Crippen LogP contribution is 2.41. The second-order valence-corrected chi connectivity index (χ2v) is 9.46. The zero-order valence-corrected chi connectivity index (χ0v) is 16.3. The summed E-state index contributed by atoms with van der Waals surface area (Å²) < 4.78 is 5.28. The number of nitrogens with one attached hydrogen (secondary N) is 1. The summed E-state index contributed by atoms with van der Waals surface area (Å²) in [5, 5.41) is 0.639. The predicted molar refractivity (Wildman–Crippen MR) is 104 cm³/mol. The summed E-state index contributed by atoms with van der Waals surface area (Å²) in [5.74, 6) is 1.31. The first kappa shape index (κ1) is 18.8. The van der Waals surface area contributed by atoms with Crippen molar-refractivity contribution < 1.29 is 9.53 Å². The van der Waals surface area contributed by atoms with Crippen LogP contribution in [0.5, 0.6) is 11.5 Å². The fourth-order valence-electron chi connectivity index (χ4n) is 2.09. The standard InChI is InChI=1S/C15H11Cl4N3O2S/c16-10-1-5-12(6-2-10)24-13-7-3-11(4-8-13)21-9-20-22(14(21)23)25-15(17,18)19/h1-8,20H,9H2. The van der Waals surface area contributed by atoms with E-state index in [1.807, 2.05) is 0 Å². The first-order valence-corrected chi connectivity index (χ1v) is 9.25. The Balaban J connectivity index is 1.66. The van der Waals surface area contributed by atoms with Crippen LogP contribution >= 0.6 is 58.4 Å². The van der Waals surface area contributed by atoms with Gasteiger partial charge >= 0.3 is 6.03 Å². The number of amides is 2. The Morgan fingerprint density at radius 3 is 2.12 bits per heavy atom. The van der Waals surface area contributed by atoms with Gasteiger partial charge in [-0.1, -0.05) is 46.4 Å². The van der Waals surface area contributed by atoms with Crippen molar-refractivity contribution >= 4 is 70.1 Å². The van der Waals surface area contributed by atoms with Crippen LogP contribution in [-0.4, -0.2) is 20.2 Å². The molecular weight excluding hydrogens is 428 g/mol. The van der Waals surface area contributed by atoms with E-state index in [-0.39, 0.29) is 12.7 Å². The maximum absolute atomic E-state index is 12.3. The van der Waals surface area contributed by atoms with E-state index in [4.69, 9.17) is 51.1 Å². The third-order valence-corrected chi connectivity index (χ3v) is 4.72. The highest BCUT2D eigenvalue weighted by Gasteiger charge is 2.36. The van der Waals surface area contributed by atoms with Gasteiger partial charge in [-0.25, -0.2) is 4.79 Å². The van der Waals surface area contributed by atoms with Crippen LogP contribution in [0.1, 0.15) is 0 Å². The largest absolute Gasteiger partial charge is 0.457 e. The molecule has 0 radical (unpaired) electrons. The van der Waals surface area contributed by atoms with Crippen LogP contribution in [0.4, 0.5) is 10.5 Å². The van der Waals surface area contributed by atoms with Crippen LogP contribution in [0.2, 0.25) is 5.02 Å². The summed E-state index contributed by atoms with van der Waals surface area (Å²) in [7, 11) is 0. The number of hydrogen-bond donors (Lipinski definition) is 1. The van der Waals surface area contributed by atoms with Gasteiger partial charge in [0.25, 0.3) is 3.12 Å². The van der Waals surface area contributed by atoms with E-state index in [1.54, 1.807) is 48.5 Å². The van der Waals surface area contributed by atoms with Crippen LogP contribution in [0, 0.1) is 0 Å². The van der Waals surface area contributed by atoms with Gasteiger partial charge in [0.15, 0.2) is 0 Å². The van der Waals surface area contributed by atoms with E-state index in [1.165, 1.54) is 9.31 Å². The second kappa shape index (κ2) is 7.70. The van der Waals surface area contributed by atoms with Gasteiger partial charge in [-0.3, -0.25) is 4.90 Å². The van der Waals surface area contributed by atoms with Crippen molar-refractivity contribution in [2.24, 2.45) is 0 Å². The number of nitrogens with zero attached hydrogens (tertiary/aromatic N) is 2. The molecule has 10 heteroatoms. The molecule has 0 unspecified atom stereocenters. The van der Waals surface area contributed by atoms with Gasteiger partial charge in [0.1, 0.15) is 11.5 Å². The number of rotatable bonds is 4. The van der Waals surface area contributed by atoms with E-state index in [0.29, 0.717) is 22.2 Å². The van der Waals surface area contributed by atoms with Gasteiger partial charge in [-0.15, -0.1) is 0 Å². The molecule has 1 saturated heterocycles. The molecule has 0 atom stereocenters. The van der Waals surface area contributed by atoms with Crippen LogP contribution < -0.4 is 15.1 Å². The minimum atomic E-state index is -1.63. The van der Waals surface area contributed by atoms with E-state index in [0.717, 1.165) is 11.9 Å². The van der Waals surface area contributed by atoms with Crippen LogP contribution in [-0.2, 0) is 0 Å². The van der Waals surface area contributed by atoms with Gasteiger partial charge in [0, 0.05) is 22.7 Å². The van der Waals surface area contributed by atoms with Crippen molar-refractivity contribution in [3.63, 3.8) is 0 Å². The van der Waals surface area contributed by atoms with Gasteiger partial charge in [-0.2, -0.15) is 9.84 Å². The minimum Gasteiger partial charge on any atom is -0.457 e. The molecule has 0 saturated carbocycles. The summed E-state index contributed by atoms with van der Waals surface area (Å²) >= 11 is 23.7. The number of ether oxygens (including phenoxy) is 1. The first-order valence-electron chi connectivity index (χ1n) is 6.96. The molecule has 2 amide bonds. The second-order valence-electron chi connectivity index (χ2n) is 4.91. The average molecular weight is 439 g/mol. The number of carbonyl (C=O) groups is 1. The Morgan fingerprint density at radius 2 is 1.56 bits per heavy atom. The van der Waals surface area contributed by atoms with Crippen molar-refractivity contribution in [3.8, 4) is 11.5 Å². The van der Waals surface area contributed by atoms with Crippen molar-refractivity contribution in [1.29, 1.82) is 0 Å². The number of hydrogen-bond acceptors (Lipinski definition) is 4. The lowest BCUT2D eigenvalue weighted by Crippen LogP contribution is -2.31. The zero-order valence-electron chi connectivity index (χ0n) is 12.5. The minimum absolute atomic E-state index is 0.268. The SMILES string of the molecule is O=C1N(SC(Cl)(Cl)Cl)NCN1c1ccc(Oc2ccc(Cl)cc2)cc1. The highest BCUT2D eigenvalue weighted by atomic mass is 35.6. The molecule has 1 heterocycles. The van der Waals surface area contributed by atoms with E-state index in [9.17, 15) is 4.79 Å². The number of carbonyl (C=O) groups excluding carboxylic acids is 1. The Morgan fingerprint density at radius 1 is 1.00 bits per heavy atom. The summed E-state index contributed by atoms with van der Waals surface area (Å²) in [4.78, 5) is 13.8. The molecule has 1 aliphatic rings. The quantitative estimate of drug-likeness (QED) is 0.483. The third-order valence-electron chi connectivity index (χ3n) is 3.17. The number of benzene rings is 2. The Kier molecular flexibility index (Phi) is 5.78. The molecule has 0 aromatic heterocycles. The molecule has 132 valence electrons. The lowest BCUT2D eigenvalue weighted by atomic mass is 10.3. The maximum Gasteiger partial charge on any atom is 0.350 e. The van der Waals surface area contributed by atoms with Crippen molar-refractivity contribution in [3.05, 3.63) is 53.6 Å². The molecule has 1 N–H and O–H groups in total. The zero-order chi connectivity index (χ0) is 18.0. The molecule has 25 heavy (non-hydrogen) atoms. The van der Waals surface area contributed by atoms with Crippen molar-refractivity contribution in [2.75, 3.05) is 11.6 Å². The smallest absolute Gasteiger partial charge is 0.350 e. The number of anilines is 1. The average Bonchev–Trinajstić information content (AvgIpc) is 2.90. The Labute approximate surface area is 168 Å². The van der Waals surface area contributed by atoms with Gasteiger partial charge in [-0.05, 0) is 48.5 Å². The van der Waals surface area contributed by atoms with E-state index in [2.05, 4.69) is 5.43 Å². The molecule has 5 nitrogen and oxygen atoms in total. The first-order chi connectivity index (χ1) is 11.8. The molecule has 1 fully saturated rings. The molecular formula is C15H11Cl4N3O2S.